The quantitative estimate of drug-likeness (QED) is 0.908. The first kappa shape index (κ1) is 18.1. The van der Waals surface area contributed by atoms with Crippen LogP contribution in [0.5, 0.6) is 0 Å². The topological polar surface area (TPSA) is 119 Å². The number of hydrogen-bond donors (Lipinski definition) is 1. The van der Waals surface area contributed by atoms with Gasteiger partial charge in [-0.15, -0.1) is 0 Å². The van der Waals surface area contributed by atoms with E-state index in [1.807, 2.05) is 18.2 Å². The predicted molar refractivity (Wildman–Crippen MR) is 94.0 cm³/mol. The first-order valence-electron chi connectivity index (χ1n) is 7.44. The highest BCUT2D eigenvalue weighted by atomic mass is 35.5. The first-order chi connectivity index (χ1) is 12.0. The van der Waals surface area contributed by atoms with Crippen LogP contribution in [0, 0.1) is 46.8 Å². The van der Waals surface area contributed by atoms with Crippen LogP contribution in [0.25, 0.3) is 5.69 Å². The predicted octanol–water partition coefficient (Wildman–Crippen LogP) is 2.85. The van der Waals surface area contributed by atoms with Gasteiger partial charge in [0.15, 0.2) is 0 Å². The van der Waals surface area contributed by atoms with Gasteiger partial charge in [0.2, 0.25) is 0 Å². The summed E-state index contributed by atoms with van der Waals surface area (Å²) in [7, 11) is 0. The van der Waals surface area contributed by atoms with Crippen LogP contribution < -0.4 is 11.3 Å². The second kappa shape index (κ2) is 7.53. The van der Waals surface area contributed by atoms with Gasteiger partial charge >= 0.3 is 0 Å². The fraction of sp³-hybridized carbons (Fsp3) is 0.222. The zero-order valence-electron chi connectivity index (χ0n) is 13.5. The third-order valence-electron chi connectivity index (χ3n) is 3.99. The fourth-order valence-corrected chi connectivity index (χ4v) is 2.83. The summed E-state index contributed by atoms with van der Waals surface area (Å²) in [6, 6.07) is 12.5. The number of rotatable bonds is 4. The molecule has 0 aliphatic carbocycles. The van der Waals surface area contributed by atoms with Gasteiger partial charge in [-0.2, -0.15) is 15.8 Å². The molecule has 0 aliphatic heterocycles. The lowest BCUT2D eigenvalue weighted by Crippen LogP contribution is -2.28. The highest BCUT2D eigenvalue weighted by Gasteiger charge is 2.20. The van der Waals surface area contributed by atoms with Crippen molar-refractivity contribution in [2.75, 3.05) is 5.73 Å². The second-order valence-electron chi connectivity index (χ2n) is 5.42. The maximum Gasteiger partial charge on any atom is 0.260 e. The van der Waals surface area contributed by atoms with Crippen molar-refractivity contribution in [1.29, 1.82) is 15.8 Å². The third kappa shape index (κ3) is 3.33. The summed E-state index contributed by atoms with van der Waals surface area (Å²) in [5.74, 6) is -0.811. The van der Waals surface area contributed by atoms with Crippen LogP contribution >= 0.6 is 11.6 Å². The van der Waals surface area contributed by atoms with Crippen molar-refractivity contribution in [1.82, 2.24) is 4.57 Å². The summed E-state index contributed by atoms with van der Waals surface area (Å²) in [6.07, 6.45) is 0.385. The number of nitriles is 3. The molecular formula is C18H14ClN5O. The monoisotopic (exact) mass is 351 g/mol. The van der Waals surface area contributed by atoms with Gasteiger partial charge in [-0.25, -0.2) is 0 Å². The molecule has 0 amide bonds. The highest BCUT2D eigenvalue weighted by molar-refractivity contribution is 6.32. The average molecular weight is 352 g/mol. The minimum absolute atomic E-state index is 0.0129. The zero-order chi connectivity index (χ0) is 18.6. The number of halogens is 1. The molecule has 0 saturated heterocycles. The van der Waals surface area contributed by atoms with Gasteiger partial charge in [0, 0.05) is 5.56 Å². The lowest BCUT2D eigenvalue weighted by atomic mass is 9.97. The Kier molecular flexibility index (Phi) is 5.45. The summed E-state index contributed by atoms with van der Waals surface area (Å²) >= 11 is 6.18. The standard InChI is InChI=1S/C18H14ClN5O/c1-11-13(7-6-12(8-20)9-21)18(25)24(17(23)14(11)10-22)16-5-3-2-4-15(16)19/h2-5,12H,6-7,23H2,1H3. The van der Waals surface area contributed by atoms with E-state index < -0.39 is 11.5 Å². The second-order valence-corrected chi connectivity index (χ2v) is 5.82. The molecule has 2 N–H and O–H groups in total. The van der Waals surface area contributed by atoms with E-state index in [2.05, 4.69) is 0 Å². The molecule has 0 bridgehead atoms. The molecule has 124 valence electrons. The van der Waals surface area contributed by atoms with Gasteiger partial charge in [-0.1, -0.05) is 23.7 Å². The Labute approximate surface area is 149 Å². The van der Waals surface area contributed by atoms with Crippen molar-refractivity contribution >= 4 is 17.4 Å². The molecule has 0 unspecified atom stereocenters. The smallest absolute Gasteiger partial charge is 0.260 e. The largest absolute Gasteiger partial charge is 0.384 e. The lowest BCUT2D eigenvalue weighted by molar-refractivity contribution is 0.718. The van der Waals surface area contributed by atoms with E-state index in [-0.39, 0.29) is 24.2 Å². The van der Waals surface area contributed by atoms with Crippen molar-refractivity contribution < 1.29 is 0 Å². The summed E-state index contributed by atoms with van der Waals surface area (Å²) in [5, 5.41) is 27.6. The molecule has 0 radical (unpaired) electrons. The fourth-order valence-electron chi connectivity index (χ4n) is 2.61. The van der Waals surface area contributed by atoms with Crippen molar-refractivity contribution in [2.24, 2.45) is 5.92 Å². The Morgan fingerprint density at radius 2 is 1.88 bits per heavy atom. The van der Waals surface area contributed by atoms with Crippen LogP contribution in [-0.4, -0.2) is 4.57 Å². The summed E-state index contributed by atoms with van der Waals surface area (Å²) < 4.78 is 1.21. The Morgan fingerprint density at radius 1 is 1.24 bits per heavy atom. The van der Waals surface area contributed by atoms with E-state index in [0.29, 0.717) is 21.8 Å². The van der Waals surface area contributed by atoms with Gasteiger partial charge < -0.3 is 5.73 Å². The van der Waals surface area contributed by atoms with Gasteiger partial charge in [-0.05, 0) is 37.5 Å². The molecule has 0 aliphatic rings. The van der Waals surface area contributed by atoms with Crippen molar-refractivity contribution in [3.8, 4) is 23.9 Å². The number of aromatic nitrogens is 1. The molecule has 0 spiro atoms. The Morgan fingerprint density at radius 3 is 2.44 bits per heavy atom. The molecule has 0 fully saturated rings. The molecule has 7 heteroatoms. The molecule has 2 rings (SSSR count). The number of para-hydroxylation sites is 1. The van der Waals surface area contributed by atoms with E-state index in [4.69, 9.17) is 27.9 Å². The highest BCUT2D eigenvalue weighted by Crippen LogP contribution is 2.25. The van der Waals surface area contributed by atoms with Gasteiger partial charge in [0.25, 0.3) is 5.56 Å². The lowest BCUT2D eigenvalue weighted by Gasteiger charge is -2.17. The van der Waals surface area contributed by atoms with Crippen LogP contribution in [-0.2, 0) is 6.42 Å². The van der Waals surface area contributed by atoms with Gasteiger partial charge in [-0.3, -0.25) is 9.36 Å². The molecule has 0 atom stereocenters. The summed E-state index contributed by atoms with van der Waals surface area (Å²) in [5.41, 5.74) is 7.01. The number of nitrogen functional groups attached to an aromatic ring is 1. The van der Waals surface area contributed by atoms with Crippen molar-refractivity contribution in [3.05, 3.63) is 56.3 Å². The maximum absolute atomic E-state index is 13.0. The van der Waals surface area contributed by atoms with Crippen LogP contribution in [0.4, 0.5) is 5.82 Å². The number of benzene rings is 1. The number of anilines is 1. The van der Waals surface area contributed by atoms with Gasteiger partial charge in [0.1, 0.15) is 17.8 Å². The minimum Gasteiger partial charge on any atom is -0.384 e. The molecular weight excluding hydrogens is 338 g/mol. The maximum atomic E-state index is 13.0. The summed E-state index contributed by atoms with van der Waals surface area (Å²) in [4.78, 5) is 13.0. The Bertz CT molecular complexity index is 990. The van der Waals surface area contributed by atoms with Crippen LogP contribution in [0.15, 0.2) is 29.1 Å². The Hall–Kier alpha value is -3.27. The molecule has 6 nitrogen and oxygen atoms in total. The van der Waals surface area contributed by atoms with E-state index in [0.717, 1.165) is 0 Å². The number of pyridine rings is 1. The normalized spacial score (nSPS) is 10.1. The summed E-state index contributed by atoms with van der Waals surface area (Å²) in [6.45, 7) is 1.64. The third-order valence-corrected chi connectivity index (χ3v) is 4.31. The minimum atomic E-state index is -0.823. The first-order valence-corrected chi connectivity index (χ1v) is 7.82. The molecule has 1 aromatic heterocycles. The van der Waals surface area contributed by atoms with E-state index in [9.17, 15) is 10.1 Å². The molecule has 1 heterocycles. The molecule has 2 aromatic rings. The van der Waals surface area contributed by atoms with Crippen LogP contribution in [0.3, 0.4) is 0 Å². The van der Waals surface area contributed by atoms with Gasteiger partial charge in [0.05, 0.1) is 28.4 Å². The van der Waals surface area contributed by atoms with Crippen LogP contribution in [0.1, 0.15) is 23.1 Å². The molecule has 0 saturated carbocycles. The SMILES string of the molecule is Cc1c(C#N)c(N)n(-c2ccccc2Cl)c(=O)c1CCC(C#N)C#N. The number of nitrogens with two attached hydrogens (primary N) is 1. The molecule has 25 heavy (non-hydrogen) atoms. The molecule has 1 aromatic carbocycles. The Balaban J connectivity index is 2.71. The van der Waals surface area contributed by atoms with E-state index in [1.54, 1.807) is 31.2 Å². The number of hydrogen-bond acceptors (Lipinski definition) is 5. The van der Waals surface area contributed by atoms with Crippen LogP contribution in [0.2, 0.25) is 5.02 Å². The van der Waals surface area contributed by atoms with Crippen molar-refractivity contribution in [2.45, 2.75) is 19.8 Å². The number of nitrogens with zero attached hydrogens (tertiary/aromatic N) is 4. The van der Waals surface area contributed by atoms with Crippen molar-refractivity contribution in [3.63, 3.8) is 0 Å². The van der Waals surface area contributed by atoms with E-state index in [1.165, 1.54) is 4.57 Å². The average Bonchev–Trinajstić information content (AvgIpc) is 2.60. The zero-order valence-corrected chi connectivity index (χ0v) is 14.2. The van der Waals surface area contributed by atoms with E-state index >= 15 is 0 Å².